The molecule has 0 saturated carbocycles. The molecule has 2 rings (SSSR count). The fourth-order valence-corrected chi connectivity index (χ4v) is 2.01. The lowest BCUT2D eigenvalue weighted by molar-refractivity contribution is 0.133. The molecule has 0 aromatic heterocycles. The van der Waals surface area contributed by atoms with Gasteiger partial charge in [0, 0.05) is 0 Å². The molecule has 70 valence electrons. The summed E-state index contributed by atoms with van der Waals surface area (Å²) in [5.74, 6) is -0.287. The molecule has 0 heterocycles. The molecule has 0 bridgehead atoms. The van der Waals surface area contributed by atoms with Crippen molar-refractivity contribution in [3.8, 4) is 0 Å². The Morgan fingerprint density at radius 3 is 2.92 bits per heavy atom. The number of aliphatic hydroxyl groups is 1. The molecule has 2 atom stereocenters. The summed E-state index contributed by atoms with van der Waals surface area (Å²) in [4.78, 5) is 0. The summed E-state index contributed by atoms with van der Waals surface area (Å²) in [5.41, 5.74) is 1.27. The minimum atomic E-state index is -0.540. The third-order valence-electron chi connectivity index (χ3n) is 2.62. The van der Waals surface area contributed by atoms with Gasteiger partial charge in [-0.05, 0) is 29.5 Å². The number of fused-ring (bicyclic) bond motifs is 1. The lowest BCUT2D eigenvalue weighted by Crippen LogP contribution is -2.00. The van der Waals surface area contributed by atoms with Crippen molar-refractivity contribution in [2.45, 2.75) is 19.4 Å². The molecule has 1 aliphatic carbocycles. The average molecular weight is 201 g/mol. The summed E-state index contributed by atoms with van der Waals surface area (Å²) in [6, 6.07) is 3.20. The molecule has 0 amide bonds. The van der Waals surface area contributed by atoms with Gasteiger partial charge in [-0.25, -0.2) is 4.39 Å². The second-order valence-electron chi connectivity index (χ2n) is 3.56. The molecule has 0 aliphatic heterocycles. The van der Waals surface area contributed by atoms with Gasteiger partial charge in [0.05, 0.1) is 11.1 Å². The van der Waals surface area contributed by atoms with E-state index >= 15 is 0 Å². The first-order valence-electron chi connectivity index (χ1n) is 4.26. The van der Waals surface area contributed by atoms with E-state index in [1.165, 1.54) is 6.07 Å². The maximum absolute atomic E-state index is 13.4. The molecule has 0 saturated heterocycles. The largest absolute Gasteiger partial charge is 0.388 e. The Morgan fingerprint density at radius 1 is 1.54 bits per heavy atom. The van der Waals surface area contributed by atoms with Crippen molar-refractivity contribution in [2.75, 3.05) is 0 Å². The Hall–Kier alpha value is -0.600. The number of hydrogen-bond acceptors (Lipinski definition) is 1. The van der Waals surface area contributed by atoms with Gasteiger partial charge < -0.3 is 5.11 Å². The molecule has 1 aromatic rings. The monoisotopic (exact) mass is 200 g/mol. The molecule has 3 heteroatoms. The van der Waals surface area contributed by atoms with Crippen LogP contribution < -0.4 is 0 Å². The predicted molar refractivity (Wildman–Crippen MR) is 49.2 cm³/mol. The van der Waals surface area contributed by atoms with E-state index < -0.39 is 6.10 Å². The Labute approximate surface area is 81.1 Å². The van der Waals surface area contributed by atoms with Crippen LogP contribution in [-0.2, 0) is 6.42 Å². The number of benzene rings is 1. The van der Waals surface area contributed by atoms with E-state index in [1.807, 2.05) is 6.92 Å². The second-order valence-corrected chi connectivity index (χ2v) is 3.96. The van der Waals surface area contributed by atoms with Crippen LogP contribution in [0, 0.1) is 11.7 Å². The molecule has 1 aromatic carbocycles. The predicted octanol–water partition coefficient (Wildman–Crippen LogP) is 2.70. The van der Waals surface area contributed by atoms with Crippen LogP contribution in [0.3, 0.4) is 0 Å². The number of halogens is 2. The SMILES string of the molecule is CC1Cc2c(ccc(Cl)c2F)C1O. The van der Waals surface area contributed by atoms with Crippen molar-refractivity contribution in [1.82, 2.24) is 0 Å². The molecule has 0 spiro atoms. The van der Waals surface area contributed by atoms with Crippen LogP contribution in [0.1, 0.15) is 24.2 Å². The highest BCUT2D eigenvalue weighted by Crippen LogP contribution is 2.38. The summed E-state index contributed by atoms with van der Waals surface area (Å²) in [5, 5.41) is 9.79. The summed E-state index contributed by atoms with van der Waals surface area (Å²) < 4.78 is 13.4. The topological polar surface area (TPSA) is 20.2 Å². The molecule has 13 heavy (non-hydrogen) atoms. The maximum atomic E-state index is 13.4. The van der Waals surface area contributed by atoms with Gasteiger partial charge in [0.1, 0.15) is 5.82 Å². The molecular formula is C10H10ClFO. The van der Waals surface area contributed by atoms with Crippen LogP contribution in [-0.4, -0.2) is 5.11 Å². The Balaban J connectivity index is 2.57. The molecule has 2 unspecified atom stereocenters. The first kappa shape index (κ1) is 8.97. The van der Waals surface area contributed by atoms with Crippen LogP contribution in [0.5, 0.6) is 0 Å². The van der Waals surface area contributed by atoms with E-state index in [9.17, 15) is 9.50 Å². The lowest BCUT2D eigenvalue weighted by Gasteiger charge is -2.07. The van der Waals surface area contributed by atoms with Gasteiger partial charge in [-0.3, -0.25) is 0 Å². The van der Waals surface area contributed by atoms with E-state index in [4.69, 9.17) is 11.6 Å². The van der Waals surface area contributed by atoms with Gasteiger partial charge in [-0.15, -0.1) is 0 Å². The minimum absolute atomic E-state index is 0.0861. The van der Waals surface area contributed by atoms with Crippen molar-refractivity contribution in [3.05, 3.63) is 34.1 Å². The quantitative estimate of drug-likeness (QED) is 0.683. The van der Waals surface area contributed by atoms with E-state index in [0.29, 0.717) is 17.5 Å². The van der Waals surface area contributed by atoms with Crippen LogP contribution in [0.25, 0.3) is 0 Å². The third kappa shape index (κ3) is 1.25. The Kier molecular flexibility index (Phi) is 2.05. The van der Waals surface area contributed by atoms with Gasteiger partial charge in [-0.2, -0.15) is 0 Å². The zero-order chi connectivity index (χ0) is 9.59. The first-order chi connectivity index (χ1) is 6.11. The second kappa shape index (κ2) is 2.96. The summed E-state index contributed by atoms with van der Waals surface area (Å²) in [7, 11) is 0. The minimum Gasteiger partial charge on any atom is -0.388 e. The molecule has 1 N–H and O–H groups in total. The summed E-state index contributed by atoms with van der Waals surface area (Å²) >= 11 is 5.63. The van der Waals surface area contributed by atoms with E-state index in [2.05, 4.69) is 0 Å². The van der Waals surface area contributed by atoms with Crippen LogP contribution in [0.15, 0.2) is 12.1 Å². The Bertz CT molecular complexity index is 351. The standard InChI is InChI=1S/C10H10ClFO/c1-5-4-7-6(10(5)13)2-3-8(11)9(7)12/h2-3,5,10,13H,4H2,1H3. The zero-order valence-electron chi connectivity index (χ0n) is 7.22. The van der Waals surface area contributed by atoms with Crippen molar-refractivity contribution in [2.24, 2.45) is 5.92 Å². The number of hydrogen-bond donors (Lipinski definition) is 1. The zero-order valence-corrected chi connectivity index (χ0v) is 7.98. The fourth-order valence-electron chi connectivity index (χ4n) is 1.83. The van der Waals surface area contributed by atoms with E-state index in [-0.39, 0.29) is 16.8 Å². The average Bonchev–Trinajstić information content (AvgIpc) is 2.38. The molecular weight excluding hydrogens is 191 g/mol. The van der Waals surface area contributed by atoms with Gasteiger partial charge in [-0.1, -0.05) is 24.6 Å². The van der Waals surface area contributed by atoms with E-state index in [1.54, 1.807) is 6.07 Å². The van der Waals surface area contributed by atoms with Crippen LogP contribution in [0.4, 0.5) is 4.39 Å². The first-order valence-corrected chi connectivity index (χ1v) is 4.64. The number of aliphatic hydroxyl groups excluding tert-OH is 1. The van der Waals surface area contributed by atoms with Gasteiger partial charge in [0.25, 0.3) is 0 Å². The maximum Gasteiger partial charge on any atom is 0.145 e. The van der Waals surface area contributed by atoms with Gasteiger partial charge in [0.15, 0.2) is 0 Å². The van der Waals surface area contributed by atoms with E-state index in [0.717, 1.165) is 0 Å². The normalized spacial score (nSPS) is 26.2. The fraction of sp³-hybridized carbons (Fsp3) is 0.400. The highest BCUT2D eigenvalue weighted by Gasteiger charge is 2.30. The highest BCUT2D eigenvalue weighted by atomic mass is 35.5. The van der Waals surface area contributed by atoms with Crippen LogP contribution in [0.2, 0.25) is 5.02 Å². The third-order valence-corrected chi connectivity index (χ3v) is 2.91. The Morgan fingerprint density at radius 2 is 2.23 bits per heavy atom. The van der Waals surface area contributed by atoms with Crippen molar-refractivity contribution >= 4 is 11.6 Å². The van der Waals surface area contributed by atoms with Crippen LogP contribution >= 0.6 is 11.6 Å². The number of rotatable bonds is 0. The van der Waals surface area contributed by atoms with Crippen molar-refractivity contribution in [1.29, 1.82) is 0 Å². The lowest BCUT2D eigenvalue weighted by atomic mass is 10.1. The smallest absolute Gasteiger partial charge is 0.145 e. The summed E-state index contributed by atoms with van der Waals surface area (Å²) in [6.07, 6.45) is 0.0323. The molecule has 0 fully saturated rings. The van der Waals surface area contributed by atoms with Crippen molar-refractivity contribution in [3.63, 3.8) is 0 Å². The van der Waals surface area contributed by atoms with Gasteiger partial charge in [0.2, 0.25) is 0 Å². The molecule has 1 nitrogen and oxygen atoms in total. The summed E-state index contributed by atoms with van der Waals surface area (Å²) in [6.45, 7) is 1.90. The highest BCUT2D eigenvalue weighted by molar-refractivity contribution is 6.30. The van der Waals surface area contributed by atoms with Crippen molar-refractivity contribution < 1.29 is 9.50 Å². The molecule has 1 aliphatic rings. The molecule has 0 radical (unpaired) electrons. The van der Waals surface area contributed by atoms with Gasteiger partial charge >= 0.3 is 0 Å².